The van der Waals surface area contributed by atoms with Gasteiger partial charge in [0.05, 0.1) is 12.7 Å². The van der Waals surface area contributed by atoms with E-state index in [1.54, 1.807) is 0 Å². The second kappa shape index (κ2) is 15.9. The van der Waals surface area contributed by atoms with Crippen molar-refractivity contribution in [2.75, 3.05) is 46.1 Å². The SMILES string of the molecule is CCNC(=NCC(CC)(CC)CCO)NCCCOCC1CCCO1.I. The van der Waals surface area contributed by atoms with Crippen molar-refractivity contribution in [2.45, 2.75) is 65.4 Å². The first kappa shape index (κ1) is 25.9. The molecule has 0 aliphatic carbocycles. The molecule has 0 bridgehead atoms. The standard InChI is InChI=1S/C19H39N3O3.HI/c1-4-19(5-2,10-12-23)16-22-18(20-6-3)21-11-8-13-24-15-17-9-7-14-25-17;/h17,23H,4-16H2,1-3H3,(H2,20,21,22);1H. The number of aliphatic hydroxyl groups excluding tert-OH is 1. The predicted octanol–water partition coefficient (Wildman–Crippen LogP) is 2.93. The van der Waals surface area contributed by atoms with Gasteiger partial charge in [-0.05, 0) is 50.9 Å². The number of nitrogens with zero attached hydrogens (tertiary/aromatic N) is 1. The van der Waals surface area contributed by atoms with Gasteiger partial charge in [-0.25, -0.2) is 0 Å². The lowest BCUT2D eigenvalue weighted by atomic mass is 9.79. The summed E-state index contributed by atoms with van der Waals surface area (Å²) in [6.45, 7) is 11.4. The minimum Gasteiger partial charge on any atom is -0.396 e. The summed E-state index contributed by atoms with van der Waals surface area (Å²) >= 11 is 0. The number of hydrogen-bond donors (Lipinski definition) is 3. The Morgan fingerprint density at radius 1 is 1.27 bits per heavy atom. The number of guanidine groups is 1. The molecule has 1 unspecified atom stereocenters. The summed E-state index contributed by atoms with van der Waals surface area (Å²) in [7, 11) is 0. The van der Waals surface area contributed by atoms with E-state index < -0.39 is 0 Å². The molecule has 6 nitrogen and oxygen atoms in total. The monoisotopic (exact) mass is 485 g/mol. The van der Waals surface area contributed by atoms with Gasteiger partial charge in [0.2, 0.25) is 0 Å². The van der Waals surface area contributed by atoms with Gasteiger partial charge in [-0.15, -0.1) is 24.0 Å². The number of nitrogens with one attached hydrogen (secondary N) is 2. The Labute approximate surface area is 176 Å². The predicted molar refractivity (Wildman–Crippen MR) is 119 cm³/mol. The average Bonchev–Trinajstić information content (AvgIpc) is 3.14. The molecule has 0 aromatic heterocycles. The lowest BCUT2D eigenvalue weighted by molar-refractivity contribution is 0.0168. The van der Waals surface area contributed by atoms with Crippen molar-refractivity contribution < 1.29 is 14.6 Å². The van der Waals surface area contributed by atoms with Crippen molar-refractivity contribution in [3.05, 3.63) is 0 Å². The molecule has 1 aliphatic heterocycles. The van der Waals surface area contributed by atoms with Gasteiger partial charge in [0.1, 0.15) is 0 Å². The molecular formula is C19H40IN3O3. The van der Waals surface area contributed by atoms with Gasteiger partial charge in [0.25, 0.3) is 0 Å². The van der Waals surface area contributed by atoms with E-state index in [1.165, 1.54) is 0 Å². The van der Waals surface area contributed by atoms with Crippen LogP contribution in [0, 0.1) is 5.41 Å². The van der Waals surface area contributed by atoms with Gasteiger partial charge < -0.3 is 25.2 Å². The van der Waals surface area contributed by atoms with Gasteiger partial charge in [0, 0.05) is 39.5 Å². The Morgan fingerprint density at radius 2 is 2.04 bits per heavy atom. The van der Waals surface area contributed by atoms with Crippen LogP contribution in [0.15, 0.2) is 4.99 Å². The Balaban J connectivity index is 0.00000625. The Hall–Kier alpha value is -0.120. The van der Waals surface area contributed by atoms with Crippen LogP contribution in [0.25, 0.3) is 0 Å². The molecule has 1 atom stereocenters. The molecule has 0 spiro atoms. The molecule has 0 radical (unpaired) electrons. The molecule has 0 aromatic carbocycles. The Morgan fingerprint density at radius 3 is 2.62 bits per heavy atom. The molecular weight excluding hydrogens is 445 g/mol. The molecule has 0 amide bonds. The highest BCUT2D eigenvalue weighted by molar-refractivity contribution is 14.0. The van der Waals surface area contributed by atoms with Crippen molar-refractivity contribution in [2.24, 2.45) is 10.4 Å². The van der Waals surface area contributed by atoms with Gasteiger partial charge in [0.15, 0.2) is 5.96 Å². The van der Waals surface area contributed by atoms with E-state index in [1.807, 2.05) is 0 Å². The third kappa shape index (κ3) is 10.3. The number of ether oxygens (including phenoxy) is 2. The lowest BCUT2D eigenvalue weighted by Crippen LogP contribution is -2.39. The number of halogens is 1. The summed E-state index contributed by atoms with van der Waals surface area (Å²) < 4.78 is 11.2. The fourth-order valence-electron chi connectivity index (χ4n) is 3.10. The van der Waals surface area contributed by atoms with Gasteiger partial charge >= 0.3 is 0 Å². The number of rotatable bonds is 13. The Bertz CT molecular complexity index is 360. The molecule has 1 fully saturated rings. The number of aliphatic imine (C=N–C) groups is 1. The Kier molecular flexibility index (Phi) is 15.8. The average molecular weight is 485 g/mol. The molecule has 1 aliphatic rings. The molecule has 156 valence electrons. The van der Waals surface area contributed by atoms with E-state index in [9.17, 15) is 5.11 Å². The highest BCUT2D eigenvalue weighted by Gasteiger charge is 2.25. The van der Waals surface area contributed by atoms with Crippen LogP contribution in [-0.4, -0.2) is 63.2 Å². The number of aliphatic hydroxyl groups is 1. The second-order valence-corrected chi connectivity index (χ2v) is 6.87. The van der Waals surface area contributed by atoms with Crippen LogP contribution in [0.4, 0.5) is 0 Å². The first-order valence-electron chi connectivity index (χ1n) is 10.0. The summed E-state index contributed by atoms with van der Waals surface area (Å²) in [4.78, 5) is 4.75. The summed E-state index contributed by atoms with van der Waals surface area (Å²) in [5, 5.41) is 16.0. The zero-order valence-corrected chi connectivity index (χ0v) is 19.2. The summed E-state index contributed by atoms with van der Waals surface area (Å²) in [5.41, 5.74) is 0.0987. The molecule has 0 aromatic rings. The van der Waals surface area contributed by atoms with Crippen LogP contribution in [0.1, 0.15) is 59.3 Å². The molecule has 1 heterocycles. The van der Waals surface area contributed by atoms with E-state index in [0.717, 1.165) is 77.3 Å². The van der Waals surface area contributed by atoms with Crippen LogP contribution < -0.4 is 10.6 Å². The lowest BCUT2D eigenvalue weighted by Gasteiger charge is -2.29. The zero-order valence-electron chi connectivity index (χ0n) is 16.9. The molecule has 1 rings (SSSR count). The highest BCUT2D eigenvalue weighted by atomic mass is 127. The van der Waals surface area contributed by atoms with Crippen molar-refractivity contribution in [3.8, 4) is 0 Å². The molecule has 26 heavy (non-hydrogen) atoms. The molecule has 7 heteroatoms. The first-order valence-corrected chi connectivity index (χ1v) is 10.0. The summed E-state index contributed by atoms with van der Waals surface area (Å²) in [6, 6.07) is 0. The maximum atomic E-state index is 9.33. The molecule has 0 saturated carbocycles. The van der Waals surface area contributed by atoms with Crippen molar-refractivity contribution in [3.63, 3.8) is 0 Å². The zero-order chi connectivity index (χ0) is 18.4. The van der Waals surface area contributed by atoms with Crippen molar-refractivity contribution in [1.29, 1.82) is 0 Å². The van der Waals surface area contributed by atoms with Crippen LogP contribution >= 0.6 is 24.0 Å². The molecule has 3 N–H and O–H groups in total. The molecule has 1 saturated heterocycles. The van der Waals surface area contributed by atoms with Crippen LogP contribution in [0.5, 0.6) is 0 Å². The van der Waals surface area contributed by atoms with Gasteiger partial charge in [-0.3, -0.25) is 4.99 Å². The second-order valence-electron chi connectivity index (χ2n) is 6.87. The third-order valence-electron chi connectivity index (χ3n) is 5.14. The van der Waals surface area contributed by atoms with E-state index >= 15 is 0 Å². The van der Waals surface area contributed by atoms with E-state index in [2.05, 4.69) is 31.4 Å². The smallest absolute Gasteiger partial charge is 0.191 e. The van der Waals surface area contributed by atoms with Crippen molar-refractivity contribution >= 4 is 29.9 Å². The van der Waals surface area contributed by atoms with Gasteiger partial charge in [-0.1, -0.05) is 13.8 Å². The van der Waals surface area contributed by atoms with Crippen molar-refractivity contribution in [1.82, 2.24) is 10.6 Å². The van der Waals surface area contributed by atoms with Gasteiger partial charge in [-0.2, -0.15) is 0 Å². The van der Waals surface area contributed by atoms with E-state index in [4.69, 9.17) is 14.5 Å². The quantitative estimate of drug-likeness (QED) is 0.162. The normalized spacial score (nSPS) is 17.8. The van der Waals surface area contributed by atoms with E-state index in [0.29, 0.717) is 12.7 Å². The minimum atomic E-state index is 0. The van der Waals surface area contributed by atoms with Crippen LogP contribution in [-0.2, 0) is 9.47 Å². The maximum Gasteiger partial charge on any atom is 0.191 e. The third-order valence-corrected chi connectivity index (χ3v) is 5.14. The first-order chi connectivity index (χ1) is 12.2. The fraction of sp³-hybridized carbons (Fsp3) is 0.947. The fourth-order valence-corrected chi connectivity index (χ4v) is 3.10. The highest BCUT2D eigenvalue weighted by Crippen LogP contribution is 2.30. The topological polar surface area (TPSA) is 75.1 Å². The largest absolute Gasteiger partial charge is 0.396 e. The summed E-state index contributed by atoms with van der Waals surface area (Å²) in [5.74, 6) is 0.853. The van der Waals surface area contributed by atoms with E-state index in [-0.39, 0.29) is 36.0 Å². The number of hydrogen-bond acceptors (Lipinski definition) is 4. The van der Waals surface area contributed by atoms with Crippen LogP contribution in [0.3, 0.4) is 0 Å². The summed E-state index contributed by atoms with van der Waals surface area (Å²) in [6.07, 6.45) is 6.40. The minimum absolute atomic E-state index is 0. The van der Waals surface area contributed by atoms with Crippen LogP contribution in [0.2, 0.25) is 0 Å². The maximum absolute atomic E-state index is 9.33.